The maximum absolute atomic E-state index is 11.9. The molecule has 2 amide bonds. The van der Waals surface area contributed by atoms with Gasteiger partial charge in [-0.3, -0.25) is 9.59 Å². The summed E-state index contributed by atoms with van der Waals surface area (Å²) >= 11 is 0. The molecular formula is C18H29N5O2. The topological polar surface area (TPSA) is 77.0 Å². The van der Waals surface area contributed by atoms with Crippen LogP contribution in [-0.4, -0.2) is 68.9 Å². The van der Waals surface area contributed by atoms with Crippen molar-refractivity contribution in [3.05, 3.63) is 35.4 Å². The van der Waals surface area contributed by atoms with Gasteiger partial charge in [0.25, 0.3) is 5.91 Å². The first-order valence-electron chi connectivity index (χ1n) is 8.38. The number of amides is 2. The molecule has 7 nitrogen and oxygen atoms in total. The Morgan fingerprint density at radius 1 is 1.00 bits per heavy atom. The average Bonchev–Trinajstić information content (AvgIpc) is 2.60. The number of benzene rings is 1. The molecule has 138 valence electrons. The van der Waals surface area contributed by atoms with Gasteiger partial charge in [-0.15, -0.1) is 0 Å². The SMILES string of the molecule is CCCNC(=NCc1ccc(C(=O)N(C)C)cc1)NCC(=O)N(C)C. The summed E-state index contributed by atoms with van der Waals surface area (Å²) in [7, 11) is 6.90. The summed E-state index contributed by atoms with van der Waals surface area (Å²) in [6.07, 6.45) is 0.962. The summed E-state index contributed by atoms with van der Waals surface area (Å²) in [5, 5.41) is 6.22. The van der Waals surface area contributed by atoms with Gasteiger partial charge in [0.2, 0.25) is 5.91 Å². The Morgan fingerprint density at radius 2 is 1.64 bits per heavy atom. The maximum atomic E-state index is 11.9. The molecule has 1 aromatic rings. The zero-order valence-corrected chi connectivity index (χ0v) is 15.8. The van der Waals surface area contributed by atoms with Crippen LogP contribution in [0.1, 0.15) is 29.3 Å². The number of nitrogens with zero attached hydrogens (tertiary/aromatic N) is 3. The second-order valence-corrected chi connectivity index (χ2v) is 6.13. The molecule has 7 heteroatoms. The van der Waals surface area contributed by atoms with Crippen LogP contribution in [-0.2, 0) is 11.3 Å². The largest absolute Gasteiger partial charge is 0.356 e. The first-order valence-corrected chi connectivity index (χ1v) is 8.38. The first kappa shape index (κ1) is 20.5. The van der Waals surface area contributed by atoms with Crippen LogP contribution in [0.2, 0.25) is 0 Å². The van der Waals surface area contributed by atoms with Gasteiger partial charge in [-0.2, -0.15) is 0 Å². The lowest BCUT2D eigenvalue weighted by atomic mass is 10.1. The quantitative estimate of drug-likeness (QED) is 0.568. The Hall–Kier alpha value is -2.57. The van der Waals surface area contributed by atoms with Crippen molar-refractivity contribution in [1.82, 2.24) is 20.4 Å². The number of nitrogens with one attached hydrogen (secondary N) is 2. The standard InChI is InChI=1S/C18H29N5O2/c1-6-11-19-18(21-13-16(24)22(2)3)20-12-14-7-9-15(10-8-14)17(25)23(4)5/h7-10H,6,11-13H2,1-5H3,(H2,19,20,21). The molecule has 0 aliphatic heterocycles. The molecule has 0 radical (unpaired) electrons. The number of carbonyl (C=O) groups is 2. The number of rotatable bonds is 7. The lowest BCUT2D eigenvalue weighted by Crippen LogP contribution is -2.43. The minimum absolute atomic E-state index is 0.0162. The van der Waals surface area contributed by atoms with Gasteiger partial charge in [-0.1, -0.05) is 19.1 Å². The van der Waals surface area contributed by atoms with E-state index >= 15 is 0 Å². The Labute approximate surface area is 150 Å². The van der Waals surface area contributed by atoms with Gasteiger partial charge < -0.3 is 20.4 Å². The molecule has 0 fully saturated rings. The van der Waals surface area contributed by atoms with E-state index in [9.17, 15) is 9.59 Å². The predicted octanol–water partition coefficient (Wildman–Crippen LogP) is 0.922. The van der Waals surface area contributed by atoms with Gasteiger partial charge in [0, 0.05) is 40.3 Å². The Morgan fingerprint density at radius 3 is 2.16 bits per heavy atom. The van der Waals surface area contributed by atoms with Gasteiger partial charge >= 0.3 is 0 Å². The zero-order chi connectivity index (χ0) is 18.8. The maximum Gasteiger partial charge on any atom is 0.253 e. The number of hydrogen-bond acceptors (Lipinski definition) is 3. The van der Waals surface area contributed by atoms with E-state index in [4.69, 9.17) is 0 Å². The number of aliphatic imine (C=N–C) groups is 1. The molecule has 0 saturated carbocycles. The molecule has 25 heavy (non-hydrogen) atoms. The van der Waals surface area contributed by atoms with Gasteiger partial charge in [-0.05, 0) is 24.1 Å². The fraction of sp³-hybridized carbons (Fsp3) is 0.500. The van der Waals surface area contributed by atoms with Crippen LogP contribution >= 0.6 is 0 Å². The summed E-state index contributed by atoms with van der Waals surface area (Å²) < 4.78 is 0. The molecular weight excluding hydrogens is 318 g/mol. The van der Waals surface area contributed by atoms with Crippen LogP contribution in [0, 0.1) is 0 Å². The van der Waals surface area contributed by atoms with Gasteiger partial charge in [0.05, 0.1) is 13.1 Å². The minimum Gasteiger partial charge on any atom is -0.356 e. The Bertz CT molecular complexity index is 594. The van der Waals surface area contributed by atoms with Crippen LogP contribution in [0.4, 0.5) is 0 Å². The lowest BCUT2D eigenvalue weighted by molar-refractivity contribution is -0.127. The third-order valence-electron chi connectivity index (χ3n) is 3.48. The number of hydrogen-bond donors (Lipinski definition) is 2. The number of likely N-dealkylation sites (N-methyl/N-ethyl adjacent to an activating group) is 1. The van der Waals surface area contributed by atoms with Crippen LogP contribution in [0.15, 0.2) is 29.3 Å². The fourth-order valence-electron chi connectivity index (χ4n) is 1.92. The summed E-state index contributed by atoms with van der Waals surface area (Å²) in [5.74, 6) is 0.562. The van der Waals surface area contributed by atoms with Crippen molar-refractivity contribution in [3.8, 4) is 0 Å². The smallest absolute Gasteiger partial charge is 0.253 e. The van der Waals surface area contributed by atoms with Crippen molar-refractivity contribution in [3.63, 3.8) is 0 Å². The highest BCUT2D eigenvalue weighted by atomic mass is 16.2. The monoisotopic (exact) mass is 347 g/mol. The van der Waals surface area contributed by atoms with Gasteiger partial charge in [0.1, 0.15) is 0 Å². The molecule has 0 spiro atoms. The average molecular weight is 347 g/mol. The van der Waals surface area contributed by atoms with E-state index in [0.29, 0.717) is 18.1 Å². The van der Waals surface area contributed by atoms with E-state index in [1.807, 2.05) is 12.1 Å². The molecule has 0 heterocycles. The van der Waals surface area contributed by atoms with Crippen molar-refractivity contribution >= 4 is 17.8 Å². The van der Waals surface area contributed by atoms with Crippen LogP contribution in [0.5, 0.6) is 0 Å². The third-order valence-corrected chi connectivity index (χ3v) is 3.48. The lowest BCUT2D eigenvalue weighted by Gasteiger charge is -2.14. The predicted molar refractivity (Wildman–Crippen MR) is 101 cm³/mol. The van der Waals surface area contributed by atoms with E-state index in [0.717, 1.165) is 18.5 Å². The molecule has 2 N–H and O–H groups in total. The molecule has 1 rings (SSSR count). The highest BCUT2D eigenvalue weighted by Gasteiger charge is 2.08. The molecule has 0 unspecified atom stereocenters. The van der Waals surface area contributed by atoms with E-state index in [2.05, 4.69) is 22.5 Å². The molecule has 1 aromatic carbocycles. The molecule has 0 aromatic heterocycles. The van der Waals surface area contributed by atoms with Crippen LogP contribution in [0.3, 0.4) is 0 Å². The summed E-state index contributed by atoms with van der Waals surface area (Å²) in [4.78, 5) is 31.2. The fourth-order valence-corrected chi connectivity index (χ4v) is 1.92. The molecule has 0 atom stereocenters. The molecule has 0 aliphatic rings. The van der Waals surface area contributed by atoms with Crippen molar-refractivity contribution in [1.29, 1.82) is 0 Å². The normalized spacial score (nSPS) is 11.0. The highest BCUT2D eigenvalue weighted by Crippen LogP contribution is 2.07. The van der Waals surface area contributed by atoms with Gasteiger partial charge in [0.15, 0.2) is 5.96 Å². The summed E-state index contributed by atoms with van der Waals surface area (Å²) in [5.41, 5.74) is 1.64. The third kappa shape index (κ3) is 7.24. The van der Waals surface area contributed by atoms with Crippen molar-refractivity contribution in [2.24, 2.45) is 4.99 Å². The number of guanidine groups is 1. The molecule has 0 saturated heterocycles. The summed E-state index contributed by atoms with van der Waals surface area (Å²) in [6, 6.07) is 7.38. The van der Waals surface area contributed by atoms with Gasteiger partial charge in [-0.25, -0.2) is 4.99 Å². The van der Waals surface area contributed by atoms with E-state index in [-0.39, 0.29) is 18.4 Å². The summed E-state index contributed by atoms with van der Waals surface area (Å²) in [6.45, 7) is 3.50. The second kappa shape index (κ2) is 10.3. The van der Waals surface area contributed by atoms with Crippen molar-refractivity contribution in [2.45, 2.75) is 19.9 Å². The van der Waals surface area contributed by atoms with E-state index in [1.54, 1.807) is 45.2 Å². The van der Waals surface area contributed by atoms with Crippen LogP contribution in [0.25, 0.3) is 0 Å². The highest BCUT2D eigenvalue weighted by molar-refractivity contribution is 5.93. The van der Waals surface area contributed by atoms with Crippen LogP contribution < -0.4 is 10.6 Å². The van der Waals surface area contributed by atoms with Crippen molar-refractivity contribution < 1.29 is 9.59 Å². The molecule has 0 aliphatic carbocycles. The Balaban J connectivity index is 2.71. The minimum atomic E-state index is -0.0239. The number of carbonyl (C=O) groups excluding carboxylic acids is 2. The first-order chi connectivity index (χ1) is 11.8. The zero-order valence-electron chi connectivity index (χ0n) is 15.8. The van der Waals surface area contributed by atoms with E-state index in [1.165, 1.54) is 4.90 Å². The van der Waals surface area contributed by atoms with Crippen molar-refractivity contribution in [2.75, 3.05) is 41.3 Å². The van der Waals surface area contributed by atoms with E-state index < -0.39 is 0 Å². The second-order valence-electron chi connectivity index (χ2n) is 6.13. The Kier molecular flexibility index (Phi) is 8.46. The molecule has 0 bridgehead atoms.